The Morgan fingerprint density at radius 3 is 2.18 bits per heavy atom. The van der Waals surface area contributed by atoms with Crippen LogP contribution in [0.1, 0.15) is 5.56 Å². The van der Waals surface area contributed by atoms with Crippen molar-refractivity contribution in [1.29, 1.82) is 0 Å². The van der Waals surface area contributed by atoms with E-state index in [-0.39, 0.29) is 5.82 Å². The Bertz CT molecular complexity index is 450. The van der Waals surface area contributed by atoms with E-state index in [1.807, 2.05) is 18.2 Å². The van der Waals surface area contributed by atoms with Crippen molar-refractivity contribution in [3.8, 4) is 0 Å². The standard InChI is InChI=1S/C15H15FN/c1-2-17(12-13-6-4-3-5-7-13)15-10-8-14(16)9-11-15/h3-11H,1-2,12H2. The highest BCUT2D eigenvalue weighted by molar-refractivity contribution is 5.47. The van der Waals surface area contributed by atoms with Gasteiger partial charge >= 0.3 is 0 Å². The summed E-state index contributed by atoms with van der Waals surface area (Å²) in [5, 5.41) is 0. The van der Waals surface area contributed by atoms with Crippen LogP contribution in [0.25, 0.3) is 0 Å². The number of benzene rings is 2. The monoisotopic (exact) mass is 228 g/mol. The van der Waals surface area contributed by atoms with Crippen LogP contribution in [-0.4, -0.2) is 6.54 Å². The van der Waals surface area contributed by atoms with Gasteiger partial charge in [-0.05, 0) is 36.8 Å². The van der Waals surface area contributed by atoms with Gasteiger partial charge in [0.15, 0.2) is 0 Å². The summed E-state index contributed by atoms with van der Waals surface area (Å²) in [5.74, 6) is -0.211. The first-order chi connectivity index (χ1) is 8.29. The lowest BCUT2D eigenvalue weighted by Crippen LogP contribution is -2.21. The molecule has 17 heavy (non-hydrogen) atoms. The third-order valence-electron chi connectivity index (χ3n) is 2.68. The number of hydrogen-bond donors (Lipinski definition) is 0. The Labute approximate surface area is 102 Å². The molecule has 0 atom stereocenters. The van der Waals surface area contributed by atoms with Gasteiger partial charge in [0.1, 0.15) is 5.82 Å². The summed E-state index contributed by atoms with van der Waals surface area (Å²) in [6, 6.07) is 16.7. The third-order valence-corrected chi connectivity index (χ3v) is 2.68. The fourth-order valence-corrected chi connectivity index (χ4v) is 1.76. The van der Waals surface area contributed by atoms with Crippen LogP contribution in [0.3, 0.4) is 0 Å². The van der Waals surface area contributed by atoms with Crippen LogP contribution in [0.5, 0.6) is 0 Å². The van der Waals surface area contributed by atoms with E-state index in [0.29, 0.717) is 6.54 Å². The van der Waals surface area contributed by atoms with Gasteiger partial charge in [0.25, 0.3) is 0 Å². The quantitative estimate of drug-likeness (QED) is 0.771. The maximum atomic E-state index is 12.8. The van der Waals surface area contributed by atoms with Gasteiger partial charge in [-0.2, -0.15) is 0 Å². The van der Waals surface area contributed by atoms with Gasteiger partial charge in [0, 0.05) is 18.8 Å². The molecule has 0 fully saturated rings. The van der Waals surface area contributed by atoms with Crippen LogP contribution in [0.15, 0.2) is 54.6 Å². The lowest BCUT2D eigenvalue weighted by atomic mass is 10.2. The van der Waals surface area contributed by atoms with E-state index >= 15 is 0 Å². The summed E-state index contributed by atoms with van der Waals surface area (Å²) in [4.78, 5) is 2.11. The molecular formula is C15H15FN. The van der Waals surface area contributed by atoms with Gasteiger partial charge < -0.3 is 4.90 Å². The topological polar surface area (TPSA) is 3.24 Å². The molecule has 0 heterocycles. The number of hydrogen-bond acceptors (Lipinski definition) is 1. The Kier molecular flexibility index (Phi) is 3.76. The van der Waals surface area contributed by atoms with E-state index in [2.05, 4.69) is 24.0 Å². The number of anilines is 1. The molecule has 0 aromatic heterocycles. The fourth-order valence-electron chi connectivity index (χ4n) is 1.76. The second-order valence-electron chi connectivity index (χ2n) is 3.88. The van der Waals surface area contributed by atoms with Gasteiger partial charge in [-0.1, -0.05) is 30.3 Å². The average Bonchev–Trinajstić information content (AvgIpc) is 2.38. The summed E-state index contributed by atoms with van der Waals surface area (Å²) in [6.45, 7) is 5.35. The zero-order valence-corrected chi connectivity index (χ0v) is 9.64. The molecule has 0 aliphatic rings. The minimum Gasteiger partial charge on any atom is -0.367 e. The maximum absolute atomic E-state index is 12.8. The zero-order chi connectivity index (χ0) is 12.1. The largest absolute Gasteiger partial charge is 0.367 e. The Balaban J connectivity index is 2.14. The number of halogens is 1. The van der Waals surface area contributed by atoms with Crippen molar-refractivity contribution in [1.82, 2.24) is 0 Å². The molecule has 1 radical (unpaired) electrons. The van der Waals surface area contributed by atoms with Crippen LogP contribution in [0.4, 0.5) is 10.1 Å². The van der Waals surface area contributed by atoms with Crippen molar-refractivity contribution >= 4 is 5.69 Å². The molecule has 2 heteroatoms. The lowest BCUT2D eigenvalue weighted by molar-refractivity contribution is 0.627. The van der Waals surface area contributed by atoms with Crippen molar-refractivity contribution in [2.24, 2.45) is 0 Å². The van der Waals surface area contributed by atoms with E-state index in [1.54, 1.807) is 12.1 Å². The van der Waals surface area contributed by atoms with Crippen molar-refractivity contribution < 1.29 is 4.39 Å². The molecule has 0 spiro atoms. The van der Waals surface area contributed by atoms with Crippen LogP contribution in [-0.2, 0) is 6.54 Å². The Morgan fingerprint density at radius 2 is 1.59 bits per heavy atom. The molecule has 2 rings (SSSR count). The minimum absolute atomic E-state index is 0.211. The average molecular weight is 228 g/mol. The highest BCUT2D eigenvalue weighted by Gasteiger charge is 2.04. The maximum Gasteiger partial charge on any atom is 0.123 e. The van der Waals surface area contributed by atoms with Crippen molar-refractivity contribution in [3.05, 3.63) is 72.9 Å². The zero-order valence-electron chi connectivity index (χ0n) is 9.64. The molecule has 0 saturated carbocycles. The summed E-state index contributed by atoms with van der Waals surface area (Å²) in [7, 11) is 0. The molecule has 0 aliphatic carbocycles. The third kappa shape index (κ3) is 3.06. The Hall–Kier alpha value is -1.83. The SMILES string of the molecule is [CH2]CN(Cc1ccccc1)c1ccc(F)cc1. The van der Waals surface area contributed by atoms with Gasteiger partial charge in [-0.25, -0.2) is 4.39 Å². The molecule has 0 aliphatic heterocycles. The first kappa shape index (κ1) is 11.6. The van der Waals surface area contributed by atoms with E-state index in [9.17, 15) is 4.39 Å². The van der Waals surface area contributed by atoms with Crippen molar-refractivity contribution in [3.63, 3.8) is 0 Å². The predicted octanol–water partition coefficient (Wildman–Crippen LogP) is 3.67. The highest BCUT2D eigenvalue weighted by atomic mass is 19.1. The Morgan fingerprint density at radius 1 is 0.941 bits per heavy atom. The second kappa shape index (κ2) is 5.48. The second-order valence-corrected chi connectivity index (χ2v) is 3.88. The summed E-state index contributed by atoms with van der Waals surface area (Å²) < 4.78 is 12.8. The molecule has 0 N–H and O–H groups in total. The summed E-state index contributed by atoms with van der Waals surface area (Å²) in [5.41, 5.74) is 2.21. The smallest absolute Gasteiger partial charge is 0.123 e. The first-order valence-corrected chi connectivity index (χ1v) is 5.63. The molecule has 0 amide bonds. The molecule has 0 saturated heterocycles. The number of rotatable bonds is 4. The molecule has 1 nitrogen and oxygen atoms in total. The molecule has 2 aromatic rings. The minimum atomic E-state index is -0.211. The normalized spacial score (nSPS) is 10.2. The highest BCUT2D eigenvalue weighted by Crippen LogP contribution is 2.17. The van der Waals surface area contributed by atoms with Crippen LogP contribution >= 0.6 is 0 Å². The van der Waals surface area contributed by atoms with Crippen LogP contribution in [0.2, 0.25) is 0 Å². The van der Waals surface area contributed by atoms with E-state index < -0.39 is 0 Å². The van der Waals surface area contributed by atoms with Crippen LogP contribution in [0, 0.1) is 12.7 Å². The van der Waals surface area contributed by atoms with Crippen molar-refractivity contribution in [2.45, 2.75) is 6.54 Å². The summed E-state index contributed by atoms with van der Waals surface area (Å²) in [6.07, 6.45) is 0. The van der Waals surface area contributed by atoms with E-state index in [4.69, 9.17) is 0 Å². The van der Waals surface area contributed by atoms with Gasteiger partial charge in [0.2, 0.25) is 0 Å². The molecule has 2 aromatic carbocycles. The summed E-state index contributed by atoms with van der Waals surface area (Å²) >= 11 is 0. The predicted molar refractivity (Wildman–Crippen MR) is 69.2 cm³/mol. The van der Waals surface area contributed by atoms with Gasteiger partial charge in [0.05, 0.1) is 0 Å². The molecule has 0 unspecified atom stereocenters. The first-order valence-electron chi connectivity index (χ1n) is 5.63. The molecular weight excluding hydrogens is 213 g/mol. The van der Waals surface area contributed by atoms with Crippen LogP contribution < -0.4 is 4.90 Å². The van der Waals surface area contributed by atoms with Gasteiger partial charge in [-0.15, -0.1) is 0 Å². The van der Waals surface area contributed by atoms with Gasteiger partial charge in [-0.3, -0.25) is 0 Å². The molecule has 0 bridgehead atoms. The van der Waals surface area contributed by atoms with Crippen molar-refractivity contribution in [2.75, 3.05) is 11.4 Å². The fraction of sp³-hybridized carbons (Fsp3) is 0.133. The lowest BCUT2D eigenvalue weighted by Gasteiger charge is -2.23. The van der Waals surface area contributed by atoms with E-state index in [1.165, 1.54) is 17.7 Å². The number of nitrogens with zero attached hydrogens (tertiary/aromatic N) is 1. The molecule has 87 valence electrons. The van der Waals surface area contributed by atoms with E-state index in [0.717, 1.165) is 12.2 Å².